The molecule has 1 amide bonds. The minimum atomic E-state index is -1.06. The number of nitrogens with zero attached hydrogens (tertiary/aromatic N) is 2. The summed E-state index contributed by atoms with van der Waals surface area (Å²) in [4.78, 5) is 27.5. The molecule has 1 N–H and O–H groups in total. The largest absolute Gasteiger partial charge is 0.480 e. The SMILES string of the molecule is O=C(O)C1CCCN1C(=O)c1cccnc1F. The summed E-state index contributed by atoms with van der Waals surface area (Å²) in [5.74, 6) is -2.53. The summed E-state index contributed by atoms with van der Waals surface area (Å²) in [6.45, 7) is 0.337. The molecule has 0 bridgehead atoms. The molecule has 5 nitrogen and oxygen atoms in total. The van der Waals surface area contributed by atoms with Gasteiger partial charge < -0.3 is 10.0 Å². The van der Waals surface area contributed by atoms with E-state index in [1.807, 2.05) is 0 Å². The molecule has 1 unspecified atom stereocenters. The maximum absolute atomic E-state index is 13.3. The Morgan fingerprint density at radius 3 is 2.94 bits per heavy atom. The smallest absolute Gasteiger partial charge is 0.326 e. The molecule has 1 saturated heterocycles. The van der Waals surface area contributed by atoms with E-state index in [0.717, 1.165) is 0 Å². The van der Waals surface area contributed by atoms with Gasteiger partial charge in [0.25, 0.3) is 5.91 Å². The molecule has 1 aliphatic rings. The molecule has 1 aromatic heterocycles. The Bertz CT molecular complexity index is 464. The van der Waals surface area contributed by atoms with Crippen molar-refractivity contribution in [2.45, 2.75) is 18.9 Å². The standard InChI is InChI=1S/C11H11FN2O3/c12-9-7(3-1-5-13-9)10(15)14-6-2-4-8(14)11(16)17/h1,3,5,8H,2,4,6H2,(H,16,17). The predicted octanol–water partition coefficient (Wildman–Crippen LogP) is 0.910. The highest BCUT2D eigenvalue weighted by atomic mass is 19.1. The van der Waals surface area contributed by atoms with Crippen molar-refractivity contribution in [2.24, 2.45) is 0 Å². The highest BCUT2D eigenvalue weighted by molar-refractivity contribution is 5.96. The number of carboxylic acids is 1. The maximum Gasteiger partial charge on any atom is 0.326 e. The van der Waals surface area contributed by atoms with Crippen molar-refractivity contribution >= 4 is 11.9 Å². The Balaban J connectivity index is 2.26. The van der Waals surface area contributed by atoms with Crippen molar-refractivity contribution in [1.29, 1.82) is 0 Å². The van der Waals surface area contributed by atoms with Crippen molar-refractivity contribution < 1.29 is 19.1 Å². The third kappa shape index (κ3) is 2.11. The van der Waals surface area contributed by atoms with E-state index in [2.05, 4.69) is 4.98 Å². The average Bonchev–Trinajstić information content (AvgIpc) is 2.77. The van der Waals surface area contributed by atoms with Gasteiger partial charge in [-0.2, -0.15) is 4.39 Å². The lowest BCUT2D eigenvalue weighted by Crippen LogP contribution is -2.40. The highest BCUT2D eigenvalue weighted by Crippen LogP contribution is 2.20. The average molecular weight is 238 g/mol. The molecule has 6 heteroatoms. The molecular weight excluding hydrogens is 227 g/mol. The zero-order valence-corrected chi connectivity index (χ0v) is 8.97. The Kier molecular flexibility index (Phi) is 3.03. The lowest BCUT2D eigenvalue weighted by atomic mass is 10.2. The number of halogens is 1. The predicted molar refractivity (Wildman–Crippen MR) is 55.9 cm³/mol. The topological polar surface area (TPSA) is 70.5 Å². The van der Waals surface area contributed by atoms with Gasteiger partial charge >= 0.3 is 5.97 Å². The Hall–Kier alpha value is -1.98. The van der Waals surface area contributed by atoms with Crippen molar-refractivity contribution in [1.82, 2.24) is 9.88 Å². The number of hydrogen-bond donors (Lipinski definition) is 1. The van der Waals surface area contributed by atoms with Gasteiger partial charge in [0, 0.05) is 12.7 Å². The number of carbonyl (C=O) groups excluding carboxylic acids is 1. The highest BCUT2D eigenvalue weighted by Gasteiger charge is 2.35. The van der Waals surface area contributed by atoms with E-state index in [1.165, 1.54) is 23.2 Å². The molecule has 0 aromatic carbocycles. The van der Waals surface area contributed by atoms with Gasteiger partial charge in [0.1, 0.15) is 6.04 Å². The zero-order chi connectivity index (χ0) is 12.4. The fourth-order valence-electron chi connectivity index (χ4n) is 1.97. The molecule has 1 fully saturated rings. The van der Waals surface area contributed by atoms with Crippen LogP contribution in [-0.2, 0) is 4.79 Å². The van der Waals surface area contributed by atoms with Crippen molar-refractivity contribution in [2.75, 3.05) is 6.54 Å². The third-order valence-corrected chi connectivity index (χ3v) is 2.79. The van der Waals surface area contributed by atoms with E-state index >= 15 is 0 Å². The van der Waals surface area contributed by atoms with Crippen LogP contribution in [0.15, 0.2) is 18.3 Å². The number of aliphatic carboxylic acids is 1. The quantitative estimate of drug-likeness (QED) is 0.777. The van der Waals surface area contributed by atoms with Crippen molar-refractivity contribution in [3.05, 3.63) is 29.8 Å². The van der Waals surface area contributed by atoms with E-state index in [9.17, 15) is 14.0 Å². The van der Waals surface area contributed by atoms with Crippen LogP contribution >= 0.6 is 0 Å². The summed E-state index contributed by atoms with van der Waals surface area (Å²) in [6.07, 6.45) is 2.26. The van der Waals surface area contributed by atoms with E-state index in [0.29, 0.717) is 19.4 Å². The maximum atomic E-state index is 13.3. The summed E-state index contributed by atoms with van der Waals surface area (Å²) >= 11 is 0. The summed E-state index contributed by atoms with van der Waals surface area (Å²) in [5.41, 5.74) is -0.180. The van der Waals surface area contributed by atoms with Gasteiger partial charge in [-0.05, 0) is 25.0 Å². The molecule has 90 valence electrons. The molecule has 1 atom stereocenters. The molecule has 17 heavy (non-hydrogen) atoms. The van der Waals surface area contributed by atoms with Crippen LogP contribution in [0.3, 0.4) is 0 Å². The zero-order valence-electron chi connectivity index (χ0n) is 8.97. The summed E-state index contributed by atoms with van der Waals surface area (Å²) in [5, 5.41) is 8.95. The van der Waals surface area contributed by atoms with Crippen molar-refractivity contribution in [3.8, 4) is 0 Å². The number of hydrogen-bond acceptors (Lipinski definition) is 3. The summed E-state index contributed by atoms with van der Waals surface area (Å²) in [7, 11) is 0. The summed E-state index contributed by atoms with van der Waals surface area (Å²) in [6, 6.07) is 1.89. The van der Waals surface area contributed by atoms with Gasteiger partial charge in [0.05, 0.1) is 5.56 Å². The van der Waals surface area contributed by atoms with Gasteiger partial charge in [0.2, 0.25) is 5.95 Å². The number of carbonyl (C=O) groups is 2. The Labute approximate surface area is 96.9 Å². The van der Waals surface area contributed by atoms with Crippen LogP contribution in [-0.4, -0.2) is 39.5 Å². The second kappa shape index (κ2) is 4.48. The van der Waals surface area contributed by atoms with Crippen molar-refractivity contribution in [3.63, 3.8) is 0 Å². The molecule has 2 heterocycles. The van der Waals surface area contributed by atoms with Gasteiger partial charge in [-0.25, -0.2) is 9.78 Å². The van der Waals surface area contributed by atoms with E-state index < -0.39 is 23.9 Å². The number of likely N-dealkylation sites (tertiary alicyclic amines) is 1. The van der Waals surface area contributed by atoms with Crippen LogP contribution in [0.4, 0.5) is 4.39 Å². The van der Waals surface area contributed by atoms with Crippen LogP contribution in [0.25, 0.3) is 0 Å². The molecule has 0 aliphatic carbocycles. The van der Waals surface area contributed by atoms with Gasteiger partial charge in [-0.3, -0.25) is 4.79 Å². The summed E-state index contributed by atoms with van der Waals surface area (Å²) < 4.78 is 13.3. The van der Waals surface area contributed by atoms with Crippen LogP contribution in [0.5, 0.6) is 0 Å². The molecule has 0 saturated carbocycles. The lowest BCUT2D eigenvalue weighted by molar-refractivity contribution is -0.141. The fourth-order valence-corrected chi connectivity index (χ4v) is 1.97. The second-order valence-corrected chi connectivity index (χ2v) is 3.84. The van der Waals surface area contributed by atoms with Gasteiger partial charge in [-0.1, -0.05) is 0 Å². The molecule has 0 radical (unpaired) electrons. The number of pyridine rings is 1. The Morgan fingerprint density at radius 1 is 1.53 bits per heavy atom. The van der Waals surface area contributed by atoms with Crippen LogP contribution in [0.1, 0.15) is 23.2 Å². The monoisotopic (exact) mass is 238 g/mol. The number of carboxylic acid groups (broad SMARTS) is 1. The molecule has 1 aromatic rings. The van der Waals surface area contributed by atoms with E-state index in [4.69, 9.17) is 5.11 Å². The van der Waals surface area contributed by atoms with Crippen LogP contribution < -0.4 is 0 Å². The van der Waals surface area contributed by atoms with E-state index in [-0.39, 0.29) is 5.56 Å². The number of rotatable bonds is 2. The molecule has 2 rings (SSSR count). The van der Waals surface area contributed by atoms with Crippen LogP contribution in [0.2, 0.25) is 0 Å². The lowest BCUT2D eigenvalue weighted by Gasteiger charge is -2.21. The minimum Gasteiger partial charge on any atom is -0.480 e. The number of aromatic nitrogens is 1. The molecular formula is C11H11FN2O3. The number of amides is 1. The van der Waals surface area contributed by atoms with Crippen LogP contribution in [0, 0.1) is 5.95 Å². The molecule has 1 aliphatic heterocycles. The Morgan fingerprint density at radius 2 is 2.29 bits per heavy atom. The van der Waals surface area contributed by atoms with Gasteiger partial charge in [0.15, 0.2) is 0 Å². The first-order valence-corrected chi connectivity index (χ1v) is 5.25. The van der Waals surface area contributed by atoms with E-state index in [1.54, 1.807) is 0 Å². The first kappa shape index (κ1) is 11.5. The first-order valence-electron chi connectivity index (χ1n) is 5.25. The second-order valence-electron chi connectivity index (χ2n) is 3.84. The fraction of sp³-hybridized carbons (Fsp3) is 0.364. The normalized spacial score (nSPS) is 19.4. The first-order chi connectivity index (χ1) is 8.11. The van der Waals surface area contributed by atoms with Gasteiger partial charge in [-0.15, -0.1) is 0 Å². The minimum absolute atomic E-state index is 0.180. The molecule has 0 spiro atoms. The third-order valence-electron chi connectivity index (χ3n) is 2.79.